The number of carbonyl (C=O) groups excluding carboxylic acids is 1. The number of benzene rings is 1. The summed E-state index contributed by atoms with van der Waals surface area (Å²) >= 11 is 0. The van der Waals surface area contributed by atoms with E-state index < -0.39 is 17.9 Å². The lowest BCUT2D eigenvalue weighted by molar-refractivity contribution is -0.139. The molecule has 0 bridgehead atoms. The molecular weight excluding hydrogens is 262 g/mol. The van der Waals surface area contributed by atoms with Gasteiger partial charge in [0.15, 0.2) is 0 Å². The molecule has 0 aliphatic heterocycles. The third-order valence-corrected chi connectivity index (χ3v) is 2.76. The molecule has 0 radical (unpaired) electrons. The van der Waals surface area contributed by atoms with Gasteiger partial charge in [-0.25, -0.2) is 4.79 Å². The van der Waals surface area contributed by atoms with E-state index in [9.17, 15) is 14.7 Å². The molecule has 1 atom stereocenters. The van der Waals surface area contributed by atoms with Crippen molar-refractivity contribution in [1.82, 2.24) is 5.32 Å². The van der Waals surface area contributed by atoms with Crippen LogP contribution in [0.15, 0.2) is 18.2 Å². The highest BCUT2D eigenvalue weighted by Crippen LogP contribution is 2.23. The molecule has 0 saturated carbocycles. The number of phenolic OH excluding ortho intramolecular Hbond substituents is 1. The summed E-state index contributed by atoms with van der Waals surface area (Å²) in [7, 11) is 1.44. The Balaban J connectivity index is 2.86. The number of methoxy groups -OCH3 is 1. The fraction of sp³-hybridized carbons (Fsp3) is 0.429. The number of hydrogen-bond acceptors (Lipinski definition) is 4. The summed E-state index contributed by atoms with van der Waals surface area (Å²) in [6.07, 6.45) is 0.317. The molecule has 0 aliphatic carbocycles. The topological polar surface area (TPSA) is 95.9 Å². The Morgan fingerprint density at radius 1 is 1.35 bits per heavy atom. The van der Waals surface area contributed by atoms with Gasteiger partial charge in [0.1, 0.15) is 17.5 Å². The van der Waals surface area contributed by atoms with Crippen molar-refractivity contribution >= 4 is 11.9 Å². The Hall–Kier alpha value is -2.24. The SMILES string of the molecule is COc1ccc(C(=O)N[C@H](CC(C)C)C(=O)O)c(O)c1. The molecule has 0 aromatic heterocycles. The first-order valence-corrected chi connectivity index (χ1v) is 6.25. The molecule has 3 N–H and O–H groups in total. The number of rotatable bonds is 6. The second-order valence-corrected chi connectivity index (χ2v) is 4.88. The molecule has 0 spiro atoms. The molecular formula is C14H19NO5. The molecule has 0 fully saturated rings. The van der Waals surface area contributed by atoms with Crippen LogP contribution < -0.4 is 10.1 Å². The third-order valence-electron chi connectivity index (χ3n) is 2.76. The zero-order chi connectivity index (χ0) is 15.3. The van der Waals surface area contributed by atoms with Gasteiger partial charge < -0.3 is 20.3 Å². The number of ether oxygens (including phenoxy) is 1. The molecule has 1 amide bonds. The van der Waals surface area contributed by atoms with Gasteiger partial charge in [0.05, 0.1) is 12.7 Å². The number of aromatic hydroxyl groups is 1. The van der Waals surface area contributed by atoms with Crippen molar-refractivity contribution < 1.29 is 24.5 Å². The van der Waals surface area contributed by atoms with E-state index >= 15 is 0 Å². The van der Waals surface area contributed by atoms with Gasteiger partial charge in [-0.2, -0.15) is 0 Å². The van der Waals surface area contributed by atoms with Crippen LogP contribution in [0.1, 0.15) is 30.6 Å². The number of amides is 1. The summed E-state index contributed by atoms with van der Waals surface area (Å²) in [5, 5.41) is 21.2. The van der Waals surface area contributed by atoms with Gasteiger partial charge in [0, 0.05) is 6.07 Å². The number of aliphatic carboxylic acids is 1. The molecule has 20 heavy (non-hydrogen) atoms. The molecule has 0 aliphatic rings. The van der Waals surface area contributed by atoms with Gasteiger partial charge in [-0.1, -0.05) is 13.8 Å². The lowest BCUT2D eigenvalue weighted by Gasteiger charge is -2.17. The van der Waals surface area contributed by atoms with Crippen LogP contribution in [-0.2, 0) is 4.79 Å². The second kappa shape index (κ2) is 6.79. The van der Waals surface area contributed by atoms with Crippen molar-refractivity contribution in [3.8, 4) is 11.5 Å². The highest BCUT2D eigenvalue weighted by Gasteiger charge is 2.23. The van der Waals surface area contributed by atoms with E-state index in [1.54, 1.807) is 0 Å². The summed E-state index contributed by atoms with van der Waals surface area (Å²) in [5.41, 5.74) is 0.0146. The van der Waals surface area contributed by atoms with Crippen LogP contribution in [0.25, 0.3) is 0 Å². The van der Waals surface area contributed by atoms with E-state index in [1.807, 2.05) is 13.8 Å². The van der Waals surface area contributed by atoms with Crippen LogP contribution in [0, 0.1) is 5.92 Å². The van der Waals surface area contributed by atoms with Gasteiger partial charge in [-0.05, 0) is 24.5 Å². The van der Waals surface area contributed by atoms with Crippen LogP contribution in [0.4, 0.5) is 0 Å². The minimum Gasteiger partial charge on any atom is -0.507 e. The van der Waals surface area contributed by atoms with E-state index in [0.717, 1.165) is 0 Å². The molecule has 0 heterocycles. The van der Waals surface area contributed by atoms with Crippen molar-refractivity contribution in [1.29, 1.82) is 0 Å². The minimum atomic E-state index is -1.10. The molecule has 0 saturated heterocycles. The predicted molar refractivity (Wildman–Crippen MR) is 73.0 cm³/mol. The average molecular weight is 281 g/mol. The lowest BCUT2D eigenvalue weighted by Crippen LogP contribution is -2.41. The Morgan fingerprint density at radius 2 is 2.00 bits per heavy atom. The Bertz CT molecular complexity index is 498. The van der Waals surface area contributed by atoms with Crippen LogP contribution >= 0.6 is 0 Å². The predicted octanol–water partition coefficient (Wildman–Crippen LogP) is 1.63. The van der Waals surface area contributed by atoms with E-state index in [0.29, 0.717) is 12.2 Å². The summed E-state index contributed by atoms with van der Waals surface area (Å²) < 4.78 is 4.92. The number of carbonyl (C=O) groups is 2. The van der Waals surface area contributed by atoms with Gasteiger partial charge >= 0.3 is 5.97 Å². The Kier molecular flexibility index (Phi) is 5.37. The highest BCUT2D eigenvalue weighted by molar-refractivity contribution is 5.99. The first kappa shape index (κ1) is 15.8. The Morgan fingerprint density at radius 3 is 2.45 bits per heavy atom. The van der Waals surface area contributed by atoms with E-state index in [4.69, 9.17) is 9.84 Å². The first-order valence-electron chi connectivity index (χ1n) is 6.25. The standard InChI is InChI=1S/C14H19NO5/c1-8(2)6-11(14(18)19)15-13(17)10-5-4-9(20-3)7-12(10)16/h4-5,7-8,11,16H,6H2,1-3H3,(H,15,17)(H,18,19)/t11-/m1/s1. The number of phenols is 1. The number of hydrogen-bond donors (Lipinski definition) is 3. The molecule has 110 valence electrons. The summed E-state index contributed by atoms with van der Waals surface area (Å²) in [6, 6.07) is 3.22. The lowest BCUT2D eigenvalue weighted by atomic mass is 10.0. The van der Waals surface area contributed by atoms with Crippen LogP contribution in [0.2, 0.25) is 0 Å². The van der Waals surface area contributed by atoms with E-state index in [-0.39, 0.29) is 17.2 Å². The minimum absolute atomic E-state index is 0.0146. The fourth-order valence-corrected chi connectivity index (χ4v) is 1.76. The molecule has 6 nitrogen and oxygen atoms in total. The van der Waals surface area contributed by atoms with Gasteiger partial charge in [0.2, 0.25) is 0 Å². The normalized spacial score (nSPS) is 12.0. The fourth-order valence-electron chi connectivity index (χ4n) is 1.76. The maximum atomic E-state index is 12.0. The maximum Gasteiger partial charge on any atom is 0.326 e. The zero-order valence-electron chi connectivity index (χ0n) is 11.7. The number of nitrogens with one attached hydrogen (secondary N) is 1. The largest absolute Gasteiger partial charge is 0.507 e. The summed E-state index contributed by atoms with van der Waals surface area (Å²) in [5.74, 6) is -1.44. The van der Waals surface area contributed by atoms with Crippen LogP contribution in [0.5, 0.6) is 11.5 Å². The van der Waals surface area contributed by atoms with Crippen molar-refractivity contribution in [3.05, 3.63) is 23.8 Å². The molecule has 1 rings (SSSR count). The van der Waals surface area contributed by atoms with Gasteiger partial charge in [-0.15, -0.1) is 0 Å². The highest BCUT2D eigenvalue weighted by atomic mass is 16.5. The molecule has 1 aromatic rings. The van der Waals surface area contributed by atoms with Gasteiger partial charge in [0.25, 0.3) is 5.91 Å². The van der Waals surface area contributed by atoms with Crippen LogP contribution in [-0.4, -0.2) is 35.2 Å². The molecule has 1 aromatic carbocycles. The molecule has 6 heteroatoms. The maximum absolute atomic E-state index is 12.0. The van der Waals surface area contributed by atoms with Crippen LogP contribution in [0.3, 0.4) is 0 Å². The van der Waals surface area contributed by atoms with Gasteiger partial charge in [-0.3, -0.25) is 4.79 Å². The quantitative estimate of drug-likeness (QED) is 0.736. The average Bonchev–Trinajstić information content (AvgIpc) is 2.36. The Labute approximate surface area is 117 Å². The monoisotopic (exact) mass is 281 g/mol. The second-order valence-electron chi connectivity index (χ2n) is 4.88. The van der Waals surface area contributed by atoms with Crippen molar-refractivity contribution in [2.24, 2.45) is 5.92 Å². The van der Waals surface area contributed by atoms with E-state index in [1.165, 1.54) is 25.3 Å². The zero-order valence-corrected chi connectivity index (χ0v) is 11.7. The van der Waals surface area contributed by atoms with Crippen molar-refractivity contribution in [3.63, 3.8) is 0 Å². The molecule has 0 unspecified atom stereocenters. The van der Waals surface area contributed by atoms with Crippen molar-refractivity contribution in [2.45, 2.75) is 26.3 Å². The van der Waals surface area contributed by atoms with Crippen molar-refractivity contribution in [2.75, 3.05) is 7.11 Å². The number of carboxylic acids is 1. The first-order chi connectivity index (χ1) is 9.35. The summed E-state index contributed by atoms with van der Waals surface area (Å²) in [4.78, 5) is 23.1. The number of carboxylic acid groups (broad SMARTS) is 1. The smallest absolute Gasteiger partial charge is 0.326 e. The summed E-state index contributed by atoms with van der Waals surface area (Å²) in [6.45, 7) is 3.74. The van der Waals surface area contributed by atoms with E-state index in [2.05, 4.69) is 5.32 Å². The third kappa shape index (κ3) is 4.15.